The highest BCUT2D eigenvalue weighted by atomic mass is 35.5. The molecule has 0 bridgehead atoms. The fraction of sp³-hybridized carbons (Fsp3) is 0.833. The van der Waals surface area contributed by atoms with E-state index in [0.717, 1.165) is 38.4 Å². The van der Waals surface area contributed by atoms with Gasteiger partial charge in [-0.1, -0.05) is 5.21 Å². The summed E-state index contributed by atoms with van der Waals surface area (Å²) in [5, 5.41) is 8.19. The lowest BCUT2D eigenvalue weighted by molar-refractivity contribution is -0.0471. The molecule has 18 heavy (non-hydrogen) atoms. The number of aromatic nitrogens is 3. The van der Waals surface area contributed by atoms with Crippen LogP contribution in [-0.2, 0) is 17.7 Å². The number of halogens is 1. The van der Waals surface area contributed by atoms with E-state index in [1.807, 2.05) is 10.9 Å². The van der Waals surface area contributed by atoms with Crippen LogP contribution in [0, 0.1) is 0 Å². The summed E-state index contributed by atoms with van der Waals surface area (Å²) in [7, 11) is 0. The first-order chi connectivity index (χ1) is 8.69. The van der Waals surface area contributed by atoms with Crippen molar-refractivity contribution in [3.63, 3.8) is 0 Å². The molecule has 5 nitrogen and oxygen atoms in total. The van der Waals surface area contributed by atoms with Crippen molar-refractivity contribution in [1.29, 1.82) is 0 Å². The Labute approximate surface area is 113 Å². The maximum atomic E-state index is 5.78. The van der Waals surface area contributed by atoms with Crippen LogP contribution in [0.4, 0.5) is 0 Å². The number of hydrogen-bond acceptors (Lipinski definition) is 4. The van der Waals surface area contributed by atoms with E-state index in [-0.39, 0.29) is 6.10 Å². The van der Waals surface area contributed by atoms with Gasteiger partial charge in [0, 0.05) is 37.6 Å². The molecule has 0 amide bonds. The van der Waals surface area contributed by atoms with Crippen LogP contribution in [0.5, 0.6) is 0 Å². The van der Waals surface area contributed by atoms with Gasteiger partial charge < -0.3 is 4.74 Å². The van der Waals surface area contributed by atoms with E-state index < -0.39 is 0 Å². The number of morpholine rings is 1. The van der Waals surface area contributed by atoms with Gasteiger partial charge in [-0.2, -0.15) is 0 Å². The Bertz CT molecular complexity index is 369. The van der Waals surface area contributed by atoms with Crippen LogP contribution < -0.4 is 0 Å². The number of alkyl halides is 1. The molecule has 0 radical (unpaired) electrons. The first-order valence-corrected chi connectivity index (χ1v) is 7.03. The van der Waals surface area contributed by atoms with Gasteiger partial charge in [0.05, 0.1) is 24.9 Å². The molecule has 0 spiro atoms. The van der Waals surface area contributed by atoms with Crippen LogP contribution >= 0.6 is 11.6 Å². The van der Waals surface area contributed by atoms with Crippen LogP contribution in [0.3, 0.4) is 0 Å². The molecular weight excluding hydrogens is 252 g/mol. The molecule has 1 aromatic rings. The van der Waals surface area contributed by atoms with E-state index in [1.54, 1.807) is 0 Å². The van der Waals surface area contributed by atoms with Gasteiger partial charge in [0.2, 0.25) is 0 Å². The molecule has 0 aliphatic carbocycles. The minimum absolute atomic E-state index is 0.201. The van der Waals surface area contributed by atoms with E-state index in [9.17, 15) is 0 Å². The van der Waals surface area contributed by atoms with Crippen molar-refractivity contribution >= 4 is 11.6 Å². The minimum Gasteiger partial charge on any atom is -0.374 e. The molecule has 0 N–H and O–H groups in total. The van der Waals surface area contributed by atoms with Gasteiger partial charge in [0.25, 0.3) is 0 Å². The highest BCUT2D eigenvalue weighted by Gasteiger charge is 2.22. The predicted molar refractivity (Wildman–Crippen MR) is 70.9 cm³/mol. The second-order valence-electron chi connectivity index (χ2n) is 4.95. The van der Waals surface area contributed by atoms with Crippen molar-refractivity contribution in [2.75, 3.05) is 25.6 Å². The summed E-state index contributed by atoms with van der Waals surface area (Å²) in [6.07, 6.45) is 2.93. The van der Waals surface area contributed by atoms with Crippen LogP contribution in [0.25, 0.3) is 0 Å². The summed E-state index contributed by atoms with van der Waals surface area (Å²) in [4.78, 5) is 2.44. The molecule has 1 aliphatic heterocycles. The lowest BCUT2D eigenvalue weighted by Crippen LogP contribution is -2.47. The number of hydrogen-bond donors (Lipinski definition) is 0. The lowest BCUT2D eigenvalue weighted by Gasteiger charge is -2.35. The fourth-order valence-corrected chi connectivity index (χ4v) is 2.36. The number of ether oxygens (including phenoxy) is 1. The van der Waals surface area contributed by atoms with Crippen molar-refractivity contribution in [3.05, 3.63) is 11.9 Å². The second kappa shape index (κ2) is 6.50. The zero-order chi connectivity index (χ0) is 13.0. The molecule has 1 fully saturated rings. The third-order valence-corrected chi connectivity index (χ3v) is 3.42. The summed E-state index contributed by atoms with van der Waals surface area (Å²) in [5.41, 5.74) is 0.946. The highest BCUT2D eigenvalue weighted by molar-refractivity contribution is 6.17. The molecule has 0 aromatic carbocycles. The van der Waals surface area contributed by atoms with Crippen molar-refractivity contribution in [2.24, 2.45) is 0 Å². The second-order valence-corrected chi connectivity index (χ2v) is 5.33. The van der Waals surface area contributed by atoms with Crippen molar-refractivity contribution < 1.29 is 4.74 Å². The zero-order valence-corrected chi connectivity index (χ0v) is 11.8. The van der Waals surface area contributed by atoms with Gasteiger partial charge in [-0.05, 0) is 13.8 Å². The largest absolute Gasteiger partial charge is 0.374 e. The highest BCUT2D eigenvalue weighted by Crippen LogP contribution is 2.10. The maximum absolute atomic E-state index is 5.78. The van der Waals surface area contributed by atoms with Crippen LogP contribution in [0.1, 0.15) is 19.5 Å². The monoisotopic (exact) mass is 272 g/mol. The van der Waals surface area contributed by atoms with Crippen LogP contribution in [-0.4, -0.2) is 57.6 Å². The quantitative estimate of drug-likeness (QED) is 0.755. The smallest absolute Gasteiger partial charge is 0.0898 e. The third kappa shape index (κ3) is 3.67. The fourth-order valence-electron chi connectivity index (χ4n) is 2.17. The maximum Gasteiger partial charge on any atom is 0.0898 e. The summed E-state index contributed by atoms with van der Waals surface area (Å²) < 4.78 is 7.63. The van der Waals surface area contributed by atoms with Gasteiger partial charge in [-0.3, -0.25) is 4.90 Å². The zero-order valence-electron chi connectivity index (χ0n) is 11.0. The molecule has 2 heterocycles. The van der Waals surface area contributed by atoms with Gasteiger partial charge in [-0.25, -0.2) is 4.68 Å². The Morgan fingerprint density at radius 3 is 3.11 bits per heavy atom. The summed E-state index contributed by atoms with van der Waals surface area (Å²) in [5.74, 6) is 0.583. The average molecular weight is 273 g/mol. The topological polar surface area (TPSA) is 43.2 Å². The van der Waals surface area contributed by atoms with Crippen molar-refractivity contribution in [2.45, 2.75) is 39.0 Å². The Kier molecular flexibility index (Phi) is 4.97. The van der Waals surface area contributed by atoms with E-state index >= 15 is 0 Å². The molecule has 102 valence electrons. The van der Waals surface area contributed by atoms with Crippen molar-refractivity contribution in [1.82, 2.24) is 19.9 Å². The summed E-state index contributed by atoms with van der Waals surface area (Å²) in [6.45, 7) is 7.98. The minimum atomic E-state index is 0.201. The molecule has 1 aliphatic rings. The van der Waals surface area contributed by atoms with E-state index in [1.165, 1.54) is 0 Å². The van der Waals surface area contributed by atoms with Gasteiger partial charge in [-0.15, -0.1) is 16.7 Å². The molecule has 1 atom stereocenters. The van der Waals surface area contributed by atoms with Crippen LogP contribution in [0.2, 0.25) is 0 Å². The van der Waals surface area contributed by atoms with E-state index in [0.29, 0.717) is 11.9 Å². The number of nitrogens with zero attached hydrogens (tertiary/aromatic N) is 4. The Morgan fingerprint density at radius 2 is 2.39 bits per heavy atom. The molecule has 1 aromatic heterocycles. The Balaban J connectivity index is 1.87. The molecular formula is C12H21ClN4O. The molecule has 6 heteroatoms. The Hall–Kier alpha value is -0.650. The predicted octanol–water partition coefficient (Wildman–Crippen LogP) is 1.17. The summed E-state index contributed by atoms with van der Waals surface area (Å²) >= 11 is 5.68. The molecule has 1 unspecified atom stereocenters. The number of aryl methyl sites for hydroxylation is 1. The van der Waals surface area contributed by atoms with E-state index in [2.05, 4.69) is 29.1 Å². The van der Waals surface area contributed by atoms with Gasteiger partial charge >= 0.3 is 0 Å². The standard InChI is InChI=1S/C12H21ClN4O/c1-10(2)16-5-6-18-12(8-16)9-17-7-11(3-4-13)14-15-17/h7,10,12H,3-6,8-9H2,1-2H3. The van der Waals surface area contributed by atoms with Gasteiger partial charge in [0.1, 0.15) is 0 Å². The van der Waals surface area contributed by atoms with Crippen LogP contribution in [0.15, 0.2) is 6.20 Å². The molecule has 2 rings (SSSR count). The van der Waals surface area contributed by atoms with Crippen molar-refractivity contribution in [3.8, 4) is 0 Å². The molecule has 1 saturated heterocycles. The first-order valence-electron chi connectivity index (χ1n) is 6.49. The SMILES string of the molecule is CC(C)N1CCOC(Cn2cc(CCCl)nn2)C1. The van der Waals surface area contributed by atoms with Gasteiger partial charge in [0.15, 0.2) is 0 Å². The summed E-state index contributed by atoms with van der Waals surface area (Å²) in [6, 6.07) is 0.568. The van der Waals surface area contributed by atoms with E-state index in [4.69, 9.17) is 16.3 Å². The first kappa shape index (κ1) is 13.8. The normalized spacial score (nSPS) is 21.7. The lowest BCUT2D eigenvalue weighted by atomic mass is 10.2. The average Bonchev–Trinajstić information content (AvgIpc) is 2.77. The molecule has 0 saturated carbocycles. The number of rotatable bonds is 5. The third-order valence-electron chi connectivity index (χ3n) is 3.23. The Morgan fingerprint density at radius 1 is 1.56 bits per heavy atom.